The van der Waals surface area contributed by atoms with Crippen molar-refractivity contribution in [1.29, 1.82) is 0 Å². The fourth-order valence-corrected chi connectivity index (χ4v) is 4.33. The molecule has 3 aromatic rings. The van der Waals surface area contributed by atoms with Gasteiger partial charge in [-0.25, -0.2) is 23.1 Å². The first-order valence-electron chi connectivity index (χ1n) is 8.54. The molecule has 9 nitrogen and oxygen atoms in total. The maximum atomic E-state index is 12.3. The molecule has 0 aliphatic rings. The number of rotatable bonds is 8. The molecule has 11 heteroatoms. The molecule has 2 N–H and O–H groups in total. The number of benzene rings is 1. The number of hydrogen-bond acceptors (Lipinski definition) is 8. The number of hydrogen-bond donors (Lipinski definition) is 2. The Labute approximate surface area is 172 Å². The molecule has 0 saturated carbocycles. The third kappa shape index (κ3) is 5.55. The first-order chi connectivity index (χ1) is 13.8. The number of carbonyl (C=O) groups excluding carboxylic acids is 1. The van der Waals surface area contributed by atoms with Crippen molar-refractivity contribution in [2.45, 2.75) is 24.5 Å². The Kier molecular flexibility index (Phi) is 6.49. The van der Waals surface area contributed by atoms with Crippen molar-refractivity contribution in [2.24, 2.45) is 0 Å². The summed E-state index contributed by atoms with van der Waals surface area (Å²) in [5.74, 6) is 1.42. The Morgan fingerprint density at radius 2 is 1.83 bits per heavy atom. The molecule has 3 rings (SSSR count). The van der Waals surface area contributed by atoms with Crippen LogP contribution in [-0.4, -0.2) is 35.2 Å². The lowest BCUT2D eigenvalue weighted by Crippen LogP contribution is -2.16. The van der Waals surface area contributed by atoms with Gasteiger partial charge < -0.3 is 9.84 Å². The molecule has 1 amide bonds. The Morgan fingerprint density at radius 1 is 1.14 bits per heavy atom. The zero-order chi connectivity index (χ0) is 20.9. The van der Waals surface area contributed by atoms with Gasteiger partial charge in [0.05, 0.1) is 16.3 Å². The van der Waals surface area contributed by atoms with Crippen molar-refractivity contribution in [3.8, 4) is 0 Å². The van der Waals surface area contributed by atoms with Crippen LogP contribution in [0.2, 0.25) is 0 Å². The lowest BCUT2D eigenvalue weighted by molar-refractivity contribution is -0.113. The highest BCUT2D eigenvalue weighted by atomic mass is 32.2. The summed E-state index contributed by atoms with van der Waals surface area (Å²) in [5, 5.41) is 6.63. The second kappa shape index (κ2) is 9.05. The van der Waals surface area contributed by atoms with Gasteiger partial charge in [-0.05, 0) is 44.2 Å². The van der Waals surface area contributed by atoms with E-state index in [4.69, 9.17) is 4.52 Å². The lowest BCUT2D eigenvalue weighted by Gasteiger charge is -2.08. The fraction of sp³-hybridized carbons (Fsp3) is 0.222. The second-order valence-electron chi connectivity index (χ2n) is 6.05. The molecule has 29 heavy (non-hydrogen) atoms. The van der Waals surface area contributed by atoms with Gasteiger partial charge in [0.2, 0.25) is 11.9 Å². The van der Waals surface area contributed by atoms with Gasteiger partial charge in [0, 0.05) is 29.4 Å². The number of nitrogens with zero attached hydrogens (tertiary/aromatic N) is 3. The number of nitrogens with one attached hydrogen (secondary N) is 2. The first-order valence-corrected chi connectivity index (χ1v) is 11.2. The Morgan fingerprint density at radius 3 is 2.45 bits per heavy atom. The third-order valence-electron chi connectivity index (χ3n) is 3.90. The lowest BCUT2D eigenvalue weighted by atomic mass is 10.2. The number of carbonyl (C=O) groups is 1. The Balaban J connectivity index is 1.54. The minimum atomic E-state index is -3.81. The highest BCUT2D eigenvalue weighted by molar-refractivity contribution is 7.99. The summed E-state index contributed by atoms with van der Waals surface area (Å²) in [6.07, 6.45) is 2.88. The van der Waals surface area contributed by atoms with Crippen molar-refractivity contribution in [1.82, 2.24) is 15.1 Å². The highest BCUT2D eigenvalue weighted by Crippen LogP contribution is 2.20. The minimum absolute atomic E-state index is 0.0137. The van der Waals surface area contributed by atoms with Crippen LogP contribution in [0, 0.1) is 13.8 Å². The van der Waals surface area contributed by atoms with Crippen LogP contribution in [0.3, 0.4) is 0 Å². The number of anilines is 2. The molecule has 0 aliphatic heterocycles. The maximum absolute atomic E-state index is 12.3. The van der Waals surface area contributed by atoms with Crippen LogP contribution in [0.15, 0.2) is 52.1 Å². The summed E-state index contributed by atoms with van der Waals surface area (Å²) in [6.45, 7) is 3.70. The molecular weight excluding hydrogens is 414 g/mol. The largest absolute Gasteiger partial charge is 0.361 e. The Hall–Kier alpha value is -2.92. The van der Waals surface area contributed by atoms with E-state index < -0.39 is 10.0 Å². The zero-order valence-electron chi connectivity index (χ0n) is 15.7. The van der Waals surface area contributed by atoms with Gasteiger partial charge >= 0.3 is 0 Å². The molecular formula is C18H19N5O4S2. The van der Waals surface area contributed by atoms with E-state index >= 15 is 0 Å². The van der Waals surface area contributed by atoms with E-state index in [0.717, 1.165) is 17.0 Å². The zero-order valence-corrected chi connectivity index (χ0v) is 17.4. The molecule has 152 valence electrons. The van der Waals surface area contributed by atoms with Gasteiger partial charge in [0.25, 0.3) is 10.0 Å². The van der Waals surface area contributed by atoms with E-state index in [1.165, 1.54) is 48.4 Å². The summed E-state index contributed by atoms with van der Waals surface area (Å²) in [4.78, 5) is 19.8. The second-order valence-corrected chi connectivity index (χ2v) is 8.71. The fourth-order valence-electron chi connectivity index (χ4n) is 2.40. The van der Waals surface area contributed by atoms with Crippen molar-refractivity contribution in [2.75, 3.05) is 15.8 Å². The molecule has 0 radical (unpaired) electrons. The van der Waals surface area contributed by atoms with Gasteiger partial charge in [-0.1, -0.05) is 5.16 Å². The smallest absolute Gasteiger partial charge is 0.264 e. The quantitative estimate of drug-likeness (QED) is 0.555. The average Bonchev–Trinajstić information content (AvgIpc) is 3.01. The molecule has 0 spiro atoms. The SMILES string of the molecule is Cc1noc(C)c1CSCC(=O)Nc1ccc(S(=O)(=O)Nc2ncccn2)cc1. The van der Waals surface area contributed by atoms with Crippen molar-refractivity contribution in [3.05, 3.63) is 59.7 Å². The molecule has 1 aromatic carbocycles. The molecule has 0 aliphatic carbocycles. The molecule has 0 atom stereocenters. The number of amides is 1. The van der Waals surface area contributed by atoms with Crippen LogP contribution in [-0.2, 0) is 20.6 Å². The number of aryl methyl sites for hydroxylation is 2. The molecule has 2 heterocycles. The predicted octanol–water partition coefficient (Wildman–Crippen LogP) is 2.75. The maximum Gasteiger partial charge on any atom is 0.264 e. The molecule has 0 fully saturated rings. The van der Waals surface area contributed by atoms with E-state index in [-0.39, 0.29) is 22.5 Å². The van der Waals surface area contributed by atoms with Crippen LogP contribution in [0.4, 0.5) is 11.6 Å². The minimum Gasteiger partial charge on any atom is -0.361 e. The molecule has 0 unspecified atom stereocenters. The molecule has 0 saturated heterocycles. The van der Waals surface area contributed by atoms with E-state index in [9.17, 15) is 13.2 Å². The van der Waals surface area contributed by atoms with Gasteiger partial charge in [-0.3, -0.25) is 4.79 Å². The monoisotopic (exact) mass is 433 g/mol. The summed E-state index contributed by atoms with van der Waals surface area (Å²) < 4.78 is 32.1. The van der Waals surface area contributed by atoms with E-state index in [0.29, 0.717) is 11.4 Å². The number of sulfonamides is 1. The average molecular weight is 434 g/mol. The van der Waals surface area contributed by atoms with Crippen LogP contribution < -0.4 is 10.0 Å². The van der Waals surface area contributed by atoms with Gasteiger partial charge in [0.1, 0.15) is 5.76 Å². The predicted molar refractivity (Wildman–Crippen MR) is 110 cm³/mol. The van der Waals surface area contributed by atoms with E-state index in [1.807, 2.05) is 13.8 Å². The van der Waals surface area contributed by atoms with Crippen LogP contribution in [0.5, 0.6) is 0 Å². The summed E-state index contributed by atoms with van der Waals surface area (Å²) in [6, 6.07) is 7.44. The third-order valence-corrected chi connectivity index (χ3v) is 6.20. The van der Waals surface area contributed by atoms with Crippen LogP contribution >= 0.6 is 11.8 Å². The normalized spacial score (nSPS) is 11.2. The van der Waals surface area contributed by atoms with E-state index in [1.54, 1.807) is 6.07 Å². The van der Waals surface area contributed by atoms with Crippen LogP contribution in [0.25, 0.3) is 0 Å². The molecule has 0 bridgehead atoms. The van der Waals surface area contributed by atoms with Gasteiger partial charge in [0.15, 0.2) is 0 Å². The molecule has 2 aromatic heterocycles. The van der Waals surface area contributed by atoms with Gasteiger partial charge in [-0.15, -0.1) is 11.8 Å². The Bertz CT molecular complexity index is 1060. The van der Waals surface area contributed by atoms with Crippen molar-refractivity contribution >= 4 is 39.3 Å². The van der Waals surface area contributed by atoms with Crippen LogP contribution in [0.1, 0.15) is 17.0 Å². The first kappa shape index (κ1) is 20.8. The number of aromatic nitrogens is 3. The number of thioether (sulfide) groups is 1. The summed E-state index contributed by atoms with van der Waals surface area (Å²) in [7, 11) is -3.81. The summed E-state index contributed by atoms with van der Waals surface area (Å²) in [5.41, 5.74) is 2.32. The summed E-state index contributed by atoms with van der Waals surface area (Å²) >= 11 is 1.44. The van der Waals surface area contributed by atoms with E-state index in [2.05, 4.69) is 25.2 Å². The standard InChI is InChI=1S/C18H19N5O4S2/c1-12-16(13(2)27-22-12)10-28-11-17(24)21-14-4-6-15(7-5-14)29(25,26)23-18-19-8-3-9-20-18/h3-9H,10-11H2,1-2H3,(H,21,24)(H,19,20,23). The van der Waals surface area contributed by atoms with Crippen molar-refractivity contribution in [3.63, 3.8) is 0 Å². The topological polar surface area (TPSA) is 127 Å². The van der Waals surface area contributed by atoms with Gasteiger partial charge in [-0.2, -0.15) is 0 Å². The van der Waals surface area contributed by atoms with Crippen molar-refractivity contribution < 1.29 is 17.7 Å². The highest BCUT2D eigenvalue weighted by Gasteiger charge is 2.16.